The lowest BCUT2D eigenvalue weighted by molar-refractivity contribution is 0.997. The molecule has 64 heavy (non-hydrogen) atoms. The highest BCUT2D eigenvalue weighted by molar-refractivity contribution is 6.26. The number of rotatable bonds is 8. The molecule has 2 heteroatoms. The average molecular weight is 817 g/mol. The first kappa shape index (κ1) is 37.6. The highest BCUT2D eigenvalue weighted by Crippen LogP contribution is 2.44. The first-order chi connectivity index (χ1) is 31.7. The summed E-state index contributed by atoms with van der Waals surface area (Å²) in [5.41, 5.74) is 11.8. The molecule has 11 aromatic carbocycles. The Bertz CT molecular complexity index is 3570. The SMILES string of the molecule is C1=CC(N(c2ccccc2)c2ccc3cc(-c4cc5cc(-c6ccc7cc(N(c8ccccc8)c8ccccc8)ccc7c6)c6ccccc6c5c5ccccc45)ccc3c2)=CCC1. The summed E-state index contributed by atoms with van der Waals surface area (Å²) in [7, 11) is 0. The van der Waals surface area contributed by atoms with Crippen LogP contribution in [-0.2, 0) is 0 Å². The van der Waals surface area contributed by atoms with E-state index in [4.69, 9.17) is 0 Å². The fourth-order valence-corrected chi connectivity index (χ4v) is 9.93. The molecule has 2 nitrogen and oxygen atoms in total. The van der Waals surface area contributed by atoms with Crippen molar-refractivity contribution in [3.63, 3.8) is 0 Å². The third kappa shape index (κ3) is 6.68. The fourth-order valence-electron chi connectivity index (χ4n) is 9.93. The Morgan fingerprint density at radius 3 is 1.20 bits per heavy atom. The summed E-state index contributed by atoms with van der Waals surface area (Å²) in [6.07, 6.45) is 9.02. The first-order valence-electron chi connectivity index (χ1n) is 22.3. The van der Waals surface area contributed by atoms with Gasteiger partial charge in [0.2, 0.25) is 0 Å². The molecule has 12 rings (SSSR count). The third-order valence-electron chi connectivity index (χ3n) is 12.9. The van der Waals surface area contributed by atoms with Gasteiger partial charge in [0.05, 0.1) is 0 Å². The lowest BCUT2D eigenvalue weighted by Crippen LogP contribution is -2.16. The maximum absolute atomic E-state index is 2.43. The predicted molar refractivity (Wildman–Crippen MR) is 275 cm³/mol. The van der Waals surface area contributed by atoms with E-state index >= 15 is 0 Å². The predicted octanol–water partition coefficient (Wildman–Crippen LogP) is 17.6. The van der Waals surface area contributed by atoms with Crippen molar-refractivity contribution in [2.24, 2.45) is 0 Å². The fraction of sp³-hybridized carbons (Fsp3) is 0.0323. The second kappa shape index (κ2) is 15.9. The van der Waals surface area contributed by atoms with Crippen molar-refractivity contribution in [2.75, 3.05) is 9.80 Å². The molecule has 0 spiro atoms. The summed E-state index contributed by atoms with van der Waals surface area (Å²) in [5, 5.41) is 12.5. The lowest BCUT2D eigenvalue weighted by Gasteiger charge is -2.28. The second-order valence-electron chi connectivity index (χ2n) is 16.8. The van der Waals surface area contributed by atoms with Gasteiger partial charge >= 0.3 is 0 Å². The molecule has 0 radical (unpaired) electrons. The molecule has 0 bridgehead atoms. The van der Waals surface area contributed by atoms with Gasteiger partial charge in [-0.1, -0.05) is 152 Å². The highest BCUT2D eigenvalue weighted by atomic mass is 15.1. The summed E-state index contributed by atoms with van der Waals surface area (Å²) in [6, 6.07) is 82.3. The van der Waals surface area contributed by atoms with E-state index in [0.29, 0.717) is 0 Å². The minimum atomic E-state index is 1.05. The van der Waals surface area contributed by atoms with E-state index in [9.17, 15) is 0 Å². The minimum Gasteiger partial charge on any atom is -0.311 e. The van der Waals surface area contributed by atoms with Gasteiger partial charge in [-0.2, -0.15) is 0 Å². The van der Waals surface area contributed by atoms with E-state index < -0.39 is 0 Å². The van der Waals surface area contributed by atoms with Gasteiger partial charge in [0.25, 0.3) is 0 Å². The number of para-hydroxylation sites is 3. The summed E-state index contributed by atoms with van der Waals surface area (Å²) in [4.78, 5) is 4.70. The number of benzene rings is 11. The topological polar surface area (TPSA) is 6.48 Å². The molecule has 0 aliphatic heterocycles. The zero-order valence-corrected chi connectivity index (χ0v) is 35.4. The van der Waals surface area contributed by atoms with Crippen molar-refractivity contribution in [3.8, 4) is 22.3 Å². The van der Waals surface area contributed by atoms with Crippen LogP contribution in [0.15, 0.2) is 248 Å². The van der Waals surface area contributed by atoms with Crippen molar-refractivity contribution in [3.05, 3.63) is 248 Å². The van der Waals surface area contributed by atoms with E-state index in [2.05, 4.69) is 252 Å². The third-order valence-corrected chi connectivity index (χ3v) is 12.9. The van der Waals surface area contributed by atoms with Crippen molar-refractivity contribution >= 4 is 82.3 Å². The molecule has 302 valence electrons. The number of allylic oxidation sites excluding steroid dienone is 3. The van der Waals surface area contributed by atoms with Crippen LogP contribution in [0.4, 0.5) is 28.4 Å². The van der Waals surface area contributed by atoms with Gasteiger partial charge in [0, 0.05) is 34.1 Å². The molecule has 0 N–H and O–H groups in total. The van der Waals surface area contributed by atoms with Crippen LogP contribution in [0, 0.1) is 0 Å². The molecule has 0 amide bonds. The normalized spacial score (nSPS) is 12.6. The summed E-state index contributed by atoms with van der Waals surface area (Å²) in [5.74, 6) is 0. The van der Waals surface area contributed by atoms with Gasteiger partial charge in [-0.3, -0.25) is 0 Å². The van der Waals surface area contributed by atoms with Gasteiger partial charge in [-0.05, 0) is 180 Å². The molecule has 0 unspecified atom stereocenters. The Morgan fingerprint density at radius 2 is 0.719 bits per heavy atom. The monoisotopic (exact) mass is 816 g/mol. The molecule has 0 saturated carbocycles. The Morgan fingerprint density at radius 1 is 0.297 bits per heavy atom. The molecule has 0 saturated heterocycles. The lowest BCUT2D eigenvalue weighted by atomic mass is 9.87. The van der Waals surface area contributed by atoms with Crippen LogP contribution in [0.25, 0.3) is 76.1 Å². The molecule has 0 aromatic heterocycles. The quantitative estimate of drug-likeness (QED) is 0.141. The molecule has 1 aliphatic rings. The Kier molecular flexibility index (Phi) is 9.34. The number of anilines is 5. The largest absolute Gasteiger partial charge is 0.311 e. The first-order valence-corrected chi connectivity index (χ1v) is 22.3. The standard InChI is InChI=1S/C62H44N2/c1-5-17-50(18-6-1)63(51-19-7-2-8-20-51)54-35-33-43-37-47(31-29-45(43)39-54)60-41-49-42-61(57-26-14-16-28-59(57)62(49)58-27-15-13-25-56(58)60)48-32-30-46-40-55(36-34-44(46)38-48)64(52-21-9-3-10-22-52)53-23-11-4-12-24-53/h1-3,5-11,13-42H,4,12H2. The number of hydrogen-bond acceptors (Lipinski definition) is 2. The van der Waals surface area contributed by atoms with Crippen LogP contribution in [0.3, 0.4) is 0 Å². The van der Waals surface area contributed by atoms with E-state index in [1.54, 1.807) is 0 Å². The average Bonchev–Trinajstić information content (AvgIpc) is 3.37. The number of fused-ring (bicyclic) bond motifs is 7. The van der Waals surface area contributed by atoms with Gasteiger partial charge in [-0.25, -0.2) is 0 Å². The van der Waals surface area contributed by atoms with Crippen LogP contribution in [0.2, 0.25) is 0 Å². The van der Waals surface area contributed by atoms with Crippen molar-refractivity contribution in [1.29, 1.82) is 0 Å². The summed E-state index contributed by atoms with van der Waals surface area (Å²) in [6.45, 7) is 0. The van der Waals surface area contributed by atoms with Gasteiger partial charge in [0.1, 0.15) is 0 Å². The van der Waals surface area contributed by atoms with Crippen molar-refractivity contribution in [1.82, 2.24) is 0 Å². The van der Waals surface area contributed by atoms with E-state index in [1.807, 2.05) is 0 Å². The Hall–Kier alpha value is -8.20. The molecule has 1 aliphatic carbocycles. The van der Waals surface area contributed by atoms with E-state index in [0.717, 1.165) is 41.3 Å². The van der Waals surface area contributed by atoms with E-state index in [1.165, 1.54) is 81.8 Å². The molecule has 0 fully saturated rings. The Labute approximate surface area is 373 Å². The van der Waals surface area contributed by atoms with Gasteiger partial charge in [-0.15, -0.1) is 0 Å². The van der Waals surface area contributed by atoms with E-state index in [-0.39, 0.29) is 0 Å². The number of hydrogen-bond donors (Lipinski definition) is 0. The molecular formula is C62H44N2. The van der Waals surface area contributed by atoms with Crippen LogP contribution >= 0.6 is 0 Å². The zero-order chi connectivity index (χ0) is 42.4. The van der Waals surface area contributed by atoms with Crippen molar-refractivity contribution in [2.45, 2.75) is 12.8 Å². The van der Waals surface area contributed by atoms with Crippen LogP contribution in [0.1, 0.15) is 12.8 Å². The maximum atomic E-state index is 2.43. The van der Waals surface area contributed by atoms with Crippen molar-refractivity contribution < 1.29 is 0 Å². The molecule has 0 heterocycles. The van der Waals surface area contributed by atoms with Gasteiger partial charge in [0.15, 0.2) is 0 Å². The van der Waals surface area contributed by atoms with Gasteiger partial charge < -0.3 is 9.80 Å². The highest BCUT2D eigenvalue weighted by Gasteiger charge is 2.18. The van der Waals surface area contributed by atoms with Crippen LogP contribution in [-0.4, -0.2) is 0 Å². The zero-order valence-electron chi connectivity index (χ0n) is 35.4. The number of nitrogens with zero attached hydrogens (tertiary/aromatic N) is 2. The maximum Gasteiger partial charge on any atom is 0.0468 e. The second-order valence-corrected chi connectivity index (χ2v) is 16.8. The summed E-state index contributed by atoms with van der Waals surface area (Å²) >= 11 is 0. The molecule has 11 aromatic rings. The Balaban J connectivity index is 0.967. The van der Waals surface area contributed by atoms with Crippen LogP contribution < -0.4 is 9.80 Å². The molecule has 0 atom stereocenters. The smallest absolute Gasteiger partial charge is 0.0468 e. The minimum absolute atomic E-state index is 1.05. The molecular weight excluding hydrogens is 773 g/mol. The summed E-state index contributed by atoms with van der Waals surface area (Å²) < 4.78 is 0. The van der Waals surface area contributed by atoms with Crippen LogP contribution in [0.5, 0.6) is 0 Å².